The molecule has 7 heteroatoms. The van der Waals surface area contributed by atoms with Crippen molar-refractivity contribution < 1.29 is 27.9 Å². The third-order valence-corrected chi connectivity index (χ3v) is 4.83. The van der Waals surface area contributed by atoms with Crippen molar-refractivity contribution in [1.82, 2.24) is 4.90 Å². The Kier molecular flexibility index (Phi) is 5.21. The highest BCUT2D eigenvalue weighted by Crippen LogP contribution is 2.34. The van der Waals surface area contributed by atoms with Gasteiger partial charge in [0.2, 0.25) is 5.91 Å². The van der Waals surface area contributed by atoms with Gasteiger partial charge in [0.25, 0.3) is 0 Å². The molecule has 2 aromatic rings. The van der Waals surface area contributed by atoms with Crippen LogP contribution in [0.3, 0.4) is 0 Å². The first-order valence-electron chi connectivity index (χ1n) is 8.47. The van der Waals surface area contributed by atoms with Gasteiger partial charge >= 0.3 is 12.1 Å². The number of alkyl halides is 3. The molecule has 1 fully saturated rings. The van der Waals surface area contributed by atoms with E-state index in [1.165, 1.54) is 17.0 Å². The van der Waals surface area contributed by atoms with Crippen molar-refractivity contribution in [3.05, 3.63) is 71.3 Å². The van der Waals surface area contributed by atoms with Crippen molar-refractivity contribution in [2.24, 2.45) is 5.92 Å². The van der Waals surface area contributed by atoms with Crippen molar-refractivity contribution in [3.63, 3.8) is 0 Å². The highest BCUT2D eigenvalue weighted by molar-refractivity contribution is 5.81. The van der Waals surface area contributed by atoms with Gasteiger partial charge in [-0.05, 0) is 17.2 Å². The van der Waals surface area contributed by atoms with Gasteiger partial charge in [0.05, 0.1) is 17.9 Å². The van der Waals surface area contributed by atoms with Crippen LogP contribution < -0.4 is 0 Å². The third kappa shape index (κ3) is 4.30. The highest BCUT2D eigenvalue weighted by atomic mass is 19.4. The Morgan fingerprint density at radius 3 is 2.37 bits per heavy atom. The van der Waals surface area contributed by atoms with Gasteiger partial charge in [-0.15, -0.1) is 0 Å². The molecule has 0 bridgehead atoms. The minimum atomic E-state index is -4.47. The molecule has 1 amide bonds. The number of nitrogens with zero attached hydrogens (tertiary/aromatic N) is 1. The predicted molar refractivity (Wildman–Crippen MR) is 92.0 cm³/mol. The summed E-state index contributed by atoms with van der Waals surface area (Å²) < 4.78 is 38.5. The van der Waals surface area contributed by atoms with E-state index in [1.807, 2.05) is 18.2 Å². The van der Waals surface area contributed by atoms with E-state index in [4.69, 9.17) is 0 Å². The Morgan fingerprint density at radius 1 is 1.04 bits per heavy atom. The summed E-state index contributed by atoms with van der Waals surface area (Å²) in [5.74, 6) is -2.44. The SMILES string of the molecule is O=C(O)[C@@H]1CN(C(=O)Cc2cccc(C(F)(F)F)c2)C[C@@H]1c1ccccc1. The first-order valence-corrected chi connectivity index (χ1v) is 8.47. The number of amides is 1. The van der Waals surface area contributed by atoms with E-state index < -0.39 is 23.6 Å². The van der Waals surface area contributed by atoms with Crippen LogP contribution >= 0.6 is 0 Å². The summed E-state index contributed by atoms with van der Waals surface area (Å²) in [5, 5.41) is 9.50. The number of carboxylic acid groups (broad SMARTS) is 1. The molecule has 2 aromatic carbocycles. The molecule has 1 aliphatic heterocycles. The smallest absolute Gasteiger partial charge is 0.416 e. The van der Waals surface area contributed by atoms with Gasteiger partial charge in [-0.3, -0.25) is 9.59 Å². The molecule has 0 radical (unpaired) electrons. The fourth-order valence-electron chi connectivity index (χ4n) is 3.44. The Morgan fingerprint density at radius 2 is 1.74 bits per heavy atom. The van der Waals surface area contributed by atoms with Crippen molar-refractivity contribution >= 4 is 11.9 Å². The van der Waals surface area contributed by atoms with E-state index in [0.29, 0.717) is 0 Å². The van der Waals surface area contributed by atoms with Crippen molar-refractivity contribution in [2.45, 2.75) is 18.5 Å². The number of aliphatic carboxylic acids is 1. The molecule has 0 aromatic heterocycles. The molecule has 142 valence electrons. The third-order valence-electron chi connectivity index (χ3n) is 4.83. The molecule has 0 saturated carbocycles. The molecule has 3 rings (SSSR count). The maximum absolute atomic E-state index is 12.8. The second kappa shape index (κ2) is 7.42. The average molecular weight is 377 g/mol. The maximum atomic E-state index is 12.8. The molecule has 2 atom stereocenters. The number of carbonyl (C=O) groups is 2. The van der Waals surface area contributed by atoms with Crippen molar-refractivity contribution in [2.75, 3.05) is 13.1 Å². The number of benzene rings is 2. The maximum Gasteiger partial charge on any atom is 0.416 e. The molecule has 1 aliphatic rings. The van der Waals surface area contributed by atoms with Crippen LogP contribution in [0.2, 0.25) is 0 Å². The monoisotopic (exact) mass is 377 g/mol. The minimum Gasteiger partial charge on any atom is -0.481 e. The summed E-state index contributed by atoms with van der Waals surface area (Å²) >= 11 is 0. The molecule has 0 unspecified atom stereocenters. The second-order valence-electron chi connectivity index (χ2n) is 6.64. The zero-order valence-corrected chi connectivity index (χ0v) is 14.3. The van der Waals surface area contributed by atoms with Crippen molar-refractivity contribution in [1.29, 1.82) is 0 Å². The zero-order chi connectivity index (χ0) is 19.6. The Labute approximate surface area is 154 Å². The molecular weight excluding hydrogens is 359 g/mol. The Bertz CT molecular complexity index is 836. The van der Waals surface area contributed by atoms with E-state index in [-0.39, 0.29) is 36.9 Å². The summed E-state index contributed by atoms with van der Waals surface area (Å²) in [6.07, 6.45) is -4.67. The standard InChI is InChI=1S/C20H18F3NO3/c21-20(22,23)15-8-4-5-13(9-15)10-18(25)24-11-16(17(12-24)19(26)27)14-6-2-1-3-7-14/h1-9,16-17H,10-12H2,(H,26,27)/t16-,17-/m1/s1. The fourth-order valence-corrected chi connectivity index (χ4v) is 3.44. The first kappa shape index (κ1) is 18.9. The lowest BCUT2D eigenvalue weighted by Crippen LogP contribution is -2.31. The van der Waals surface area contributed by atoms with E-state index in [1.54, 1.807) is 12.1 Å². The summed E-state index contributed by atoms with van der Waals surface area (Å²) in [7, 11) is 0. The molecule has 1 heterocycles. The largest absolute Gasteiger partial charge is 0.481 e. The number of carbonyl (C=O) groups excluding carboxylic acids is 1. The van der Waals surface area contributed by atoms with E-state index in [9.17, 15) is 27.9 Å². The predicted octanol–water partition coefficient (Wildman–Crippen LogP) is 3.57. The quantitative estimate of drug-likeness (QED) is 0.886. The van der Waals surface area contributed by atoms with Gasteiger partial charge in [0, 0.05) is 19.0 Å². The van der Waals surface area contributed by atoms with Crippen LogP contribution in [0.15, 0.2) is 54.6 Å². The molecular formula is C20H18F3NO3. The summed E-state index contributed by atoms with van der Waals surface area (Å²) in [6, 6.07) is 13.7. The van der Waals surface area contributed by atoms with Crippen molar-refractivity contribution in [3.8, 4) is 0 Å². The van der Waals surface area contributed by atoms with E-state index >= 15 is 0 Å². The van der Waals surface area contributed by atoms with Gasteiger partial charge in [0.1, 0.15) is 0 Å². The van der Waals surface area contributed by atoms with Crippen LogP contribution in [0.1, 0.15) is 22.6 Å². The van der Waals surface area contributed by atoms with Gasteiger partial charge in [-0.2, -0.15) is 13.2 Å². The summed E-state index contributed by atoms with van der Waals surface area (Å²) in [5.41, 5.74) is 0.281. The van der Waals surface area contributed by atoms with Gasteiger partial charge in [-0.25, -0.2) is 0 Å². The first-order chi connectivity index (χ1) is 12.8. The molecule has 0 aliphatic carbocycles. The number of rotatable bonds is 4. The fraction of sp³-hybridized carbons (Fsp3) is 0.300. The number of halogens is 3. The normalized spacial score (nSPS) is 19.9. The van der Waals surface area contributed by atoms with Crippen LogP contribution in [-0.2, 0) is 22.2 Å². The van der Waals surface area contributed by atoms with Crippen LogP contribution in [-0.4, -0.2) is 35.0 Å². The number of hydrogen-bond acceptors (Lipinski definition) is 2. The topological polar surface area (TPSA) is 57.6 Å². The average Bonchev–Trinajstić information content (AvgIpc) is 3.08. The Balaban J connectivity index is 1.75. The Hall–Kier alpha value is -2.83. The summed E-state index contributed by atoms with van der Waals surface area (Å²) in [4.78, 5) is 25.6. The lowest BCUT2D eigenvalue weighted by atomic mass is 9.89. The van der Waals surface area contributed by atoms with E-state index in [2.05, 4.69) is 0 Å². The molecule has 27 heavy (non-hydrogen) atoms. The zero-order valence-electron chi connectivity index (χ0n) is 14.3. The molecule has 1 N–H and O–H groups in total. The summed E-state index contributed by atoms with van der Waals surface area (Å²) in [6.45, 7) is 0.283. The van der Waals surface area contributed by atoms with Crippen LogP contribution in [0.25, 0.3) is 0 Å². The lowest BCUT2D eigenvalue weighted by Gasteiger charge is -2.17. The number of carboxylic acids is 1. The number of likely N-dealkylation sites (tertiary alicyclic amines) is 1. The minimum absolute atomic E-state index is 0.0483. The van der Waals surface area contributed by atoms with Gasteiger partial charge < -0.3 is 10.0 Å². The molecule has 0 spiro atoms. The van der Waals surface area contributed by atoms with Gasteiger partial charge in [0.15, 0.2) is 0 Å². The van der Waals surface area contributed by atoms with E-state index in [0.717, 1.165) is 17.7 Å². The second-order valence-corrected chi connectivity index (χ2v) is 6.64. The van der Waals surface area contributed by atoms with Crippen LogP contribution in [0.4, 0.5) is 13.2 Å². The number of hydrogen-bond donors (Lipinski definition) is 1. The van der Waals surface area contributed by atoms with Crippen LogP contribution in [0.5, 0.6) is 0 Å². The molecule has 1 saturated heterocycles. The lowest BCUT2D eigenvalue weighted by molar-refractivity contribution is -0.142. The van der Waals surface area contributed by atoms with Crippen LogP contribution in [0, 0.1) is 5.92 Å². The van der Waals surface area contributed by atoms with Gasteiger partial charge in [-0.1, -0.05) is 48.5 Å². The molecule has 4 nitrogen and oxygen atoms in total. The highest BCUT2D eigenvalue weighted by Gasteiger charge is 2.40.